The fourth-order valence-electron chi connectivity index (χ4n) is 2.06. The molecule has 0 unspecified atom stereocenters. The molecule has 2 rings (SSSR count). The van der Waals surface area contributed by atoms with Gasteiger partial charge in [-0.3, -0.25) is 0 Å². The number of halogens is 1. The number of sulfonamides is 1. The van der Waals surface area contributed by atoms with Crippen molar-refractivity contribution < 1.29 is 13.2 Å². The lowest BCUT2D eigenvalue weighted by Gasteiger charge is -2.19. The van der Waals surface area contributed by atoms with Gasteiger partial charge in [-0.05, 0) is 30.3 Å². The van der Waals surface area contributed by atoms with E-state index in [0.29, 0.717) is 12.3 Å². The minimum absolute atomic E-state index is 0.116. The van der Waals surface area contributed by atoms with Crippen molar-refractivity contribution in [3.8, 4) is 5.75 Å². The van der Waals surface area contributed by atoms with Gasteiger partial charge in [-0.1, -0.05) is 29.8 Å². The molecule has 0 radical (unpaired) electrons. The molecule has 0 aliphatic heterocycles. The molecule has 0 aliphatic rings. The normalized spacial score (nSPS) is 11.3. The predicted molar refractivity (Wildman–Crippen MR) is 92.9 cm³/mol. The quantitative estimate of drug-likeness (QED) is 0.830. The minimum Gasteiger partial charge on any atom is -0.495 e. The molecule has 0 bridgehead atoms. The Kier molecular flexibility index (Phi) is 5.87. The highest BCUT2D eigenvalue weighted by Crippen LogP contribution is 2.26. The van der Waals surface area contributed by atoms with Gasteiger partial charge in [-0.25, -0.2) is 13.1 Å². The van der Waals surface area contributed by atoms with Crippen molar-refractivity contribution >= 4 is 27.3 Å². The van der Waals surface area contributed by atoms with Crippen molar-refractivity contribution in [3.63, 3.8) is 0 Å². The van der Waals surface area contributed by atoms with E-state index in [9.17, 15) is 8.42 Å². The molecule has 1 N–H and O–H groups in total. The molecule has 0 aromatic heterocycles. The zero-order valence-electron chi connectivity index (χ0n) is 13.0. The van der Waals surface area contributed by atoms with E-state index < -0.39 is 10.0 Å². The van der Waals surface area contributed by atoms with Crippen LogP contribution in [0.3, 0.4) is 0 Å². The van der Waals surface area contributed by atoms with Crippen LogP contribution >= 0.6 is 11.6 Å². The van der Waals surface area contributed by atoms with Gasteiger partial charge < -0.3 is 9.64 Å². The van der Waals surface area contributed by atoms with Gasteiger partial charge in [-0.15, -0.1) is 0 Å². The van der Waals surface area contributed by atoms with Crippen molar-refractivity contribution in [2.45, 2.75) is 4.90 Å². The summed E-state index contributed by atoms with van der Waals surface area (Å²) < 4.78 is 32.1. The average Bonchev–Trinajstić information content (AvgIpc) is 2.55. The maximum absolute atomic E-state index is 12.3. The van der Waals surface area contributed by atoms with Crippen LogP contribution in [-0.2, 0) is 10.0 Å². The van der Waals surface area contributed by atoms with Crippen molar-refractivity contribution in [1.29, 1.82) is 0 Å². The molecule has 7 heteroatoms. The summed E-state index contributed by atoms with van der Waals surface area (Å²) in [5.74, 6) is 0.439. The maximum atomic E-state index is 12.3. The van der Waals surface area contributed by atoms with E-state index in [1.807, 2.05) is 42.3 Å². The summed E-state index contributed by atoms with van der Waals surface area (Å²) >= 11 is 5.97. The highest BCUT2D eigenvalue weighted by atomic mass is 35.5. The Bertz CT molecular complexity index is 751. The summed E-state index contributed by atoms with van der Waals surface area (Å²) in [6.07, 6.45) is 0. The molecule has 124 valence electrons. The second kappa shape index (κ2) is 7.68. The Morgan fingerprint density at radius 1 is 1.17 bits per heavy atom. The first-order chi connectivity index (χ1) is 10.9. The van der Waals surface area contributed by atoms with E-state index in [2.05, 4.69) is 4.72 Å². The lowest BCUT2D eigenvalue weighted by atomic mass is 10.3. The molecule has 0 saturated heterocycles. The van der Waals surface area contributed by atoms with E-state index in [-0.39, 0.29) is 16.5 Å². The third kappa shape index (κ3) is 4.60. The maximum Gasteiger partial charge on any atom is 0.240 e. The second-order valence-corrected chi connectivity index (χ2v) is 7.13. The van der Waals surface area contributed by atoms with Gasteiger partial charge in [0.05, 0.1) is 17.0 Å². The summed E-state index contributed by atoms with van der Waals surface area (Å²) in [5.41, 5.74) is 1.03. The van der Waals surface area contributed by atoms with Gasteiger partial charge in [-0.2, -0.15) is 0 Å². The Morgan fingerprint density at radius 3 is 2.48 bits per heavy atom. The van der Waals surface area contributed by atoms with E-state index in [1.165, 1.54) is 25.3 Å². The Labute approximate surface area is 141 Å². The van der Waals surface area contributed by atoms with Gasteiger partial charge in [0.2, 0.25) is 10.0 Å². The number of nitrogens with one attached hydrogen (secondary N) is 1. The van der Waals surface area contributed by atoms with Crippen LogP contribution < -0.4 is 14.4 Å². The topological polar surface area (TPSA) is 58.6 Å². The highest BCUT2D eigenvalue weighted by Gasteiger charge is 2.15. The second-order valence-electron chi connectivity index (χ2n) is 4.95. The van der Waals surface area contributed by atoms with Crippen LogP contribution in [0, 0.1) is 0 Å². The first kappa shape index (κ1) is 17.6. The molecule has 0 spiro atoms. The number of benzene rings is 2. The molecule has 0 heterocycles. The minimum atomic E-state index is -3.60. The van der Waals surface area contributed by atoms with Crippen LogP contribution in [0.15, 0.2) is 53.4 Å². The Morgan fingerprint density at radius 2 is 1.87 bits per heavy atom. The van der Waals surface area contributed by atoms with E-state index >= 15 is 0 Å². The zero-order valence-corrected chi connectivity index (χ0v) is 14.6. The van der Waals surface area contributed by atoms with Crippen LogP contribution in [0.5, 0.6) is 5.75 Å². The number of methoxy groups -OCH3 is 1. The first-order valence-corrected chi connectivity index (χ1v) is 8.89. The summed E-state index contributed by atoms with van der Waals surface area (Å²) in [7, 11) is -0.212. The fraction of sp³-hybridized carbons (Fsp3) is 0.250. The van der Waals surface area contributed by atoms with Crippen molar-refractivity contribution in [1.82, 2.24) is 4.72 Å². The zero-order chi connectivity index (χ0) is 16.9. The average molecular weight is 355 g/mol. The van der Waals surface area contributed by atoms with Gasteiger partial charge in [0.25, 0.3) is 0 Å². The van der Waals surface area contributed by atoms with Gasteiger partial charge in [0, 0.05) is 25.8 Å². The molecule has 2 aromatic rings. The standard InChI is InChI=1S/C16H19ClN2O3S/c1-19(13-6-4-3-5-7-13)11-10-18-23(20,21)14-8-9-16(22-2)15(17)12-14/h3-9,12,18H,10-11H2,1-2H3. The lowest BCUT2D eigenvalue weighted by Crippen LogP contribution is -2.33. The number of ether oxygens (including phenoxy) is 1. The Balaban J connectivity index is 1.98. The van der Waals surface area contributed by atoms with Gasteiger partial charge in [0.1, 0.15) is 5.75 Å². The van der Waals surface area contributed by atoms with Crippen LogP contribution in [-0.4, -0.2) is 35.7 Å². The smallest absolute Gasteiger partial charge is 0.240 e. The van der Waals surface area contributed by atoms with E-state index in [0.717, 1.165) is 5.69 Å². The molecule has 0 aliphatic carbocycles. The van der Waals surface area contributed by atoms with Crippen LogP contribution in [0.1, 0.15) is 0 Å². The number of para-hydroxylation sites is 1. The first-order valence-electron chi connectivity index (χ1n) is 7.03. The highest BCUT2D eigenvalue weighted by molar-refractivity contribution is 7.89. The summed E-state index contributed by atoms with van der Waals surface area (Å²) in [6.45, 7) is 0.838. The summed E-state index contributed by atoms with van der Waals surface area (Å²) in [5, 5.41) is 0.261. The molecule has 2 aromatic carbocycles. The van der Waals surface area contributed by atoms with Crippen molar-refractivity contribution in [3.05, 3.63) is 53.6 Å². The summed E-state index contributed by atoms with van der Waals surface area (Å²) in [6, 6.07) is 14.1. The molecule has 0 atom stereocenters. The lowest BCUT2D eigenvalue weighted by molar-refractivity contribution is 0.414. The predicted octanol–water partition coefficient (Wildman–Crippen LogP) is 2.76. The van der Waals surface area contributed by atoms with E-state index in [1.54, 1.807) is 0 Å². The van der Waals surface area contributed by atoms with Gasteiger partial charge in [0.15, 0.2) is 0 Å². The molecule has 23 heavy (non-hydrogen) atoms. The van der Waals surface area contributed by atoms with Crippen LogP contribution in [0.25, 0.3) is 0 Å². The summed E-state index contributed by atoms with van der Waals surface area (Å²) in [4.78, 5) is 2.09. The van der Waals surface area contributed by atoms with E-state index in [4.69, 9.17) is 16.3 Å². The number of hydrogen-bond acceptors (Lipinski definition) is 4. The Hall–Kier alpha value is -1.76. The third-order valence-corrected chi connectivity index (χ3v) is 5.12. The number of likely N-dealkylation sites (N-methyl/N-ethyl adjacent to an activating group) is 1. The SMILES string of the molecule is COc1ccc(S(=O)(=O)NCCN(C)c2ccccc2)cc1Cl. The van der Waals surface area contributed by atoms with Crippen molar-refractivity contribution in [2.75, 3.05) is 32.1 Å². The molecular formula is C16H19ClN2O3S. The number of hydrogen-bond donors (Lipinski definition) is 1. The molecule has 0 saturated carbocycles. The van der Waals surface area contributed by atoms with Crippen LogP contribution in [0.4, 0.5) is 5.69 Å². The number of nitrogens with zero attached hydrogens (tertiary/aromatic N) is 1. The molecule has 0 fully saturated rings. The monoisotopic (exact) mass is 354 g/mol. The number of anilines is 1. The largest absolute Gasteiger partial charge is 0.495 e. The molecule has 5 nitrogen and oxygen atoms in total. The van der Waals surface area contributed by atoms with Crippen LogP contribution in [0.2, 0.25) is 5.02 Å². The fourth-order valence-corrected chi connectivity index (χ4v) is 3.43. The third-order valence-electron chi connectivity index (χ3n) is 3.37. The van der Waals surface area contributed by atoms with Gasteiger partial charge >= 0.3 is 0 Å². The number of rotatable bonds is 7. The van der Waals surface area contributed by atoms with Crippen molar-refractivity contribution in [2.24, 2.45) is 0 Å². The molecular weight excluding hydrogens is 336 g/mol. The molecule has 0 amide bonds.